The van der Waals surface area contributed by atoms with Gasteiger partial charge in [0.1, 0.15) is 5.01 Å². The molecule has 7 heteroatoms. The van der Waals surface area contributed by atoms with Crippen LogP contribution in [0.15, 0.2) is 23.7 Å². The van der Waals surface area contributed by atoms with E-state index in [1.165, 1.54) is 0 Å². The van der Waals surface area contributed by atoms with Gasteiger partial charge in [0, 0.05) is 26.2 Å². The summed E-state index contributed by atoms with van der Waals surface area (Å²) in [5.41, 5.74) is 12.3. The Bertz CT molecular complexity index is 437. The molecule has 0 atom stereocenters. The normalized spacial score (nSPS) is 12.5. The second-order valence-corrected chi connectivity index (χ2v) is 5.13. The van der Waals surface area contributed by atoms with E-state index < -0.39 is 0 Å². The van der Waals surface area contributed by atoms with Crippen LogP contribution in [0.25, 0.3) is 0 Å². The van der Waals surface area contributed by atoms with Crippen molar-refractivity contribution in [2.45, 2.75) is 25.7 Å². The molecule has 106 valence electrons. The van der Waals surface area contributed by atoms with Crippen molar-refractivity contribution >= 4 is 16.5 Å². The van der Waals surface area contributed by atoms with Gasteiger partial charge in [0.2, 0.25) is 5.13 Å². The van der Waals surface area contributed by atoms with Crippen molar-refractivity contribution in [2.24, 2.45) is 11.5 Å². The summed E-state index contributed by atoms with van der Waals surface area (Å²) in [6.45, 7) is 0. The Balaban J connectivity index is 2.23. The summed E-state index contributed by atoms with van der Waals surface area (Å²) in [5.74, 6) is 0.608. The van der Waals surface area contributed by atoms with Crippen LogP contribution < -0.4 is 22.1 Å². The molecule has 1 aromatic rings. The van der Waals surface area contributed by atoms with Crippen molar-refractivity contribution < 1.29 is 0 Å². The quantitative estimate of drug-likeness (QED) is 0.421. The lowest BCUT2D eigenvalue weighted by Crippen LogP contribution is -2.14. The fourth-order valence-corrected chi connectivity index (χ4v) is 2.16. The zero-order valence-corrected chi connectivity index (χ0v) is 12.3. The van der Waals surface area contributed by atoms with Crippen LogP contribution >= 0.6 is 11.3 Å². The molecule has 1 heterocycles. The summed E-state index contributed by atoms with van der Waals surface area (Å²) in [5, 5.41) is 15.8. The molecule has 0 radical (unpaired) electrons. The largest absolute Gasteiger partial charge is 0.402 e. The van der Waals surface area contributed by atoms with Gasteiger partial charge in [-0.2, -0.15) is 0 Å². The average molecular weight is 282 g/mol. The molecule has 0 bridgehead atoms. The SMILES string of the molecule is CN/C(N)=C/C=C(\N)CCCCc1nnc(NC)s1. The first-order valence-electron chi connectivity index (χ1n) is 6.25. The highest BCUT2D eigenvalue weighted by molar-refractivity contribution is 7.15. The van der Waals surface area contributed by atoms with Gasteiger partial charge in [-0.25, -0.2) is 0 Å². The predicted molar refractivity (Wildman–Crippen MR) is 80.6 cm³/mol. The summed E-state index contributed by atoms with van der Waals surface area (Å²) >= 11 is 1.60. The van der Waals surface area contributed by atoms with Gasteiger partial charge < -0.3 is 22.1 Å². The minimum Gasteiger partial charge on any atom is -0.402 e. The number of nitrogens with one attached hydrogen (secondary N) is 2. The summed E-state index contributed by atoms with van der Waals surface area (Å²) < 4.78 is 0. The van der Waals surface area contributed by atoms with Crippen LogP contribution in [0.5, 0.6) is 0 Å². The number of rotatable bonds is 8. The predicted octanol–water partition coefficient (Wildman–Crippen LogP) is 1.15. The first-order chi connectivity index (χ1) is 9.15. The Morgan fingerprint density at radius 1 is 1.21 bits per heavy atom. The molecule has 0 aliphatic carbocycles. The van der Waals surface area contributed by atoms with Crippen molar-refractivity contribution in [3.05, 3.63) is 28.7 Å². The maximum Gasteiger partial charge on any atom is 0.205 e. The summed E-state index contributed by atoms with van der Waals surface area (Å²) in [6, 6.07) is 0. The monoisotopic (exact) mass is 282 g/mol. The van der Waals surface area contributed by atoms with Crippen molar-refractivity contribution in [1.29, 1.82) is 0 Å². The van der Waals surface area contributed by atoms with E-state index in [0.29, 0.717) is 5.82 Å². The van der Waals surface area contributed by atoms with Crippen LogP contribution in [0.2, 0.25) is 0 Å². The van der Waals surface area contributed by atoms with E-state index in [2.05, 4.69) is 20.8 Å². The highest BCUT2D eigenvalue weighted by atomic mass is 32.1. The number of allylic oxidation sites excluding steroid dienone is 3. The van der Waals surface area contributed by atoms with Gasteiger partial charge in [-0.05, 0) is 31.4 Å². The van der Waals surface area contributed by atoms with Gasteiger partial charge in [-0.3, -0.25) is 0 Å². The van der Waals surface area contributed by atoms with Gasteiger partial charge in [-0.1, -0.05) is 11.3 Å². The first kappa shape index (κ1) is 15.3. The number of nitrogens with zero attached hydrogens (tertiary/aromatic N) is 2. The van der Waals surface area contributed by atoms with Crippen molar-refractivity contribution in [1.82, 2.24) is 15.5 Å². The maximum absolute atomic E-state index is 5.88. The van der Waals surface area contributed by atoms with Crippen LogP contribution in [0.4, 0.5) is 5.13 Å². The van der Waals surface area contributed by atoms with Gasteiger partial charge in [-0.15, -0.1) is 10.2 Å². The summed E-state index contributed by atoms with van der Waals surface area (Å²) in [4.78, 5) is 0. The number of unbranched alkanes of at least 4 members (excludes halogenated alkanes) is 1. The lowest BCUT2D eigenvalue weighted by atomic mass is 10.1. The van der Waals surface area contributed by atoms with E-state index in [9.17, 15) is 0 Å². The van der Waals surface area contributed by atoms with Crippen LogP contribution in [0.1, 0.15) is 24.3 Å². The summed E-state index contributed by atoms with van der Waals surface area (Å²) in [6.07, 6.45) is 7.52. The van der Waals surface area contributed by atoms with Gasteiger partial charge >= 0.3 is 0 Å². The minimum atomic E-state index is 0.608. The number of hydrogen-bond acceptors (Lipinski definition) is 7. The fraction of sp³-hybridized carbons (Fsp3) is 0.500. The average Bonchev–Trinajstić information content (AvgIpc) is 2.88. The molecule has 6 N–H and O–H groups in total. The Hall–Kier alpha value is -1.76. The topological polar surface area (TPSA) is 102 Å². The first-order valence-corrected chi connectivity index (χ1v) is 7.07. The third-order valence-electron chi connectivity index (χ3n) is 2.55. The number of nitrogens with two attached hydrogens (primary N) is 2. The second-order valence-electron chi connectivity index (χ2n) is 4.07. The molecule has 0 unspecified atom stereocenters. The number of aromatic nitrogens is 2. The Kier molecular flexibility index (Phi) is 6.73. The van der Waals surface area contributed by atoms with E-state index in [4.69, 9.17) is 11.5 Å². The fourth-order valence-electron chi connectivity index (χ4n) is 1.42. The van der Waals surface area contributed by atoms with Gasteiger partial charge in [0.25, 0.3) is 0 Å². The van der Waals surface area contributed by atoms with Crippen LogP contribution in [-0.2, 0) is 6.42 Å². The molecule has 0 aliphatic heterocycles. The lowest BCUT2D eigenvalue weighted by Gasteiger charge is -2.00. The number of hydrogen-bond donors (Lipinski definition) is 4. The molecule has 0 amide bonds. The smallest absolute Gasteiger partial charge is 0.205 e. The molecule has 0 aliphatic rings. The molecule has 0 spiro atoms. The third-order valence-corrected chi connectivity index (χ3v) is 3.55. The van der Waals surface area contributed by atoms with E-state index >= 15 is 0 Å². The summed E-state index contributed by atoms with van der Waals surface area (Å²) in [7, 11) is 3.62. The van der Waals surface area contributed by atoms with Crippen molar-refractivity contribution in [3.8, 4) is 0 Å². The van der Waals surface area contributed by atoms with Crippen LogP contribution in [0.3, 0.4) is 0 Å². The molecule has 0 saturated heterocycles. The minimum absolute atomic E-state index is 0.608. The van der Waals surface area contributed by atoms with Crippen LogP contribution in [0, 0.1) is 0 Å². The van der Waals surface area contributed by atoms with Crippen LogP contribution in [-0.4, -0.2) is 24.3 Å². The van der Waals surface area contributed by atoms with Gasteiger partial charge in [0.15, 0.2) is 0 Å². The standard InChI is InChI=1S/C12H22N6S/c1-15-10(14)8-7-9(13)5-3-4-6-11-17-18-12(16-2)19-11/h7-8,15H,3-6,13-14H2,1-2H3,(H,16,18)/b9-7-,10-8+. The van der Waals surface area contributed by atoms with E-state index in [-0.39, 0.29) is 0 Å². The molecular formula is C12H22N6S. The molecule has 19 heavy (non-hydrogen) atoms. The number of aryl methyl sites for hydroxylation is 1. The Morgan fingerprint density at radius 2 is 2.00 bits per heavy atom. The molecular weight excluding hydrogens is 260 g/mol. The molecule has 6 nitrogen and oxygen atoms in total. The highest BCUT2D eigenvalue weighted by Crippen LogP contribution is 2.16. The molecule has 0 fully saturated rings. The van der Waals surface area contributed by atoms with Gasteiger partial charge in [0.05, 0.1) is 5.82 Å². The molecule has 1 aromatic heterocycles. The van der Waals surface area contributed by atoms with E-state index in [0.717, 1.165) is 41.5 Å². The zero-order chi connectivity index (χ0) is 14.1. The third kappa shape index (κ3) is 6.10. The molecule has 0 aromatic carbocycles. The maximum atomic E-state index is 5.88. The highest BCUT2D eigenvalue weighted by Gasteiger charge is 2.02. The zero-order valence-electron chi connectivity index (χ0n) is 11.4. The molecule has 1 rings (SSSR count). The molecule has 0 saturated carbocycles. The van der Waals surface area contributed by atoms with Crippen molar-refractivity contribution in [3.63, 3.8) is 0 Å². The van der Waals surface area contributed by atoms with E-state index in [1.807, 2.05) is 13.1 Å². The van der Waals surface area contributed by atoms with Crippen molar-refractivity contribution in [2.75, 3.05) is 19.4 Å². The number of anilines is 1. The Labute approximate surface area is 118 Å². The second kappa shape index (κ2) is 8.36. The van der Waals surface area contributed by atoms with E-state index in [1.54, 1.807) is 24.5 Å². The Morgan fingerprint density at radius 3 is 2.63 bits per heavy atom. The lowest BCUT2D eigenvalue weighted by molar-refractivity contribution is 0.718.